The Hall–Kier alpha value is -1.60. The molecule has 0 spiro atoms. The summed E-state index contributed by atoms with van der Waals surface area (Å²) in [7, 11) is 0. The van der Waals surface area contributed by atoms with E-state index < -0.39 is 0 Å². The third kappa shape index (κ3) is 4.61. The van der Waals surface area contributed by atoms with Gasteiger partial charge in [-0.1, -0.05) is 36.5 Å². The topological polar surface area (TPSA) is 47.9 Å². The van der Waals surface area contributed by atoms with Gasteiger partial charge < -0.3 is 0 Å². The number of nitrogens with one attached hydrogen (secondary N) is 1. The summed E-state index contributed by atoms with van der Waals surface area (Å²) in [5, 5.41) is 9.67. The van der Waals surface area contributed by atoms with E-state index in [0.29, 0.717) is 22.2 Å². The maximum atomic E-state index is 12.9. The van der Waals surface area contributed by atoms with E-state index in [9.17, 15) is 4.79 Å². The van der Waals surface area contributed by atoms with Crippen LogP contribution >= 0.6 is 34.5 Å². The molecule has 0 saturated carbocycles. The summed E-state index contributed by atoms with van der Waals surface area (Å²) in [6, 6.07) is 9.59. The number of hydrazine groups is 1. The van der Waals surface area contributed by atoms with Gasteiger partial charge in [-0.25, -0.2) is 5.01 Å². The lowest BCUT2D eigenvalue weighted by Crippen LogP contribution is -2.47. The number of hydrazone groups is 1. The summed E-state index contributed by atoms with van der Waals surface area (Å²) in [6.45, 7) is 3.92. The number of piperidine rings is 1. The van der Waals surface area contributed by atoms with Crippen molar-refractivity contribution in [2.45, 2.75) is 45.1 Å². The van der Waals surface area contributed by atoms with Crippen molar-refractivity contribution in [3.8, 4) is 0 Å². The molecule has 1 atom stereocenters. The van der Waals surface area contributed by atoms with E-state index in [2.05, 4.69) is 24.5 Å². The van der Waals surface area contributed by atoms with Crippen molar-refractivity contribution in [1.82, 2.24) is 10.4 Å². The Bertz CT molecular complexity index is 923. The molecular weight excluding hydrogens is 427 g/mol. The van der Waals surface area contributed by atoms with Gasteiger partial charge >= 0.3 is 0 Å². The van der Waals surface area contributed by atoms with Crippen molar-refractivity contribution in [2.75, 3.05) is 18.1 Å². The van der Waals surface area contributed by atoms with Gasteiger partial charge in [0.15, 0.2) is 0 Å². The number of carbonyl (C=O) groups excluding carboxylic acids is 1. The molecule has 2 aliphatic heterocycles. The SMILES string of the molecule is CCc1ccc(C2CC(C(=O)NN3CCCCC3)=NN2c2ccc(Cl)cc2Cl)s1. The van der Waals surface area contributed by atoms with Crippen LogP contribution in [0.2, 0.25) is 10.0 Å². The van der Waals surface area contributed by atoms with Gasteiger partial charge in [-0.2, -0.15) is 5.10 Å². The molecule has 5 nitrogen and oxygen atoms in total. The highest BCUT2D eigenvalue weighted by Gasteiger charge is 2.34. The van der Waals surface area contributed by atoms with Gasteiger partial charge in [0.05, 0.1) is 16.8 Å². The number of carbonyl (C=O) groups is 1. The van der Waals surface area contributed by atoms with Crippen LogP contribution in [0.1, 0.15) is 48.4 Å². The largest absolute Gasteiger partial charge is 0.284 e. The van der Waals surface area contributed by atoms with Gasteiger partial charge in [-0.15, -0.1) is 11.3 Å². The molecule has 1 aromatic carbocycles. The molecule has 3 heterocycles. The van der Waals surface area contributed by atoms with Crippen LogP contribution in [0.15, 0.2) is 35.4 Å². The smallest absolute Gasteiger partial charge is 0.281 e. The van der Waals surface area contributed by atoms with E-state index in [0.717, 1.165) is 38.0 Å². The second-order valence-electron chi connectivity index (χ2n) is 7.35. The maximum Gasteiger partial charge on any atom is 0.281 e. The van der Waals surface area contributed by atoms with Crippen molar-refractivity contribution in [3.05, 3.63) is 50.1 Å². The first kappa shape index (κ1) is 20.7. The predicted molar refractivity (Wildman–Crippen MR) is 121 cm³/mol. The molecule has 154 valence electrons. The summed E-state index contributed by atoms with van der Waals surface area (Å²) >= 11 is 14.3. The second kappa shape index (κ2) is 9.04. The minimum Gasteiger partial charge on any atom is -0.284 e. The Labute approximate surface area is 185 Å². The first-order valence-corrected chi connectivity index (χ1v) is 11.6. The number of benzene rings is 1. The van der Waals surface area contributed by atoms with Crippen LogP contribution in [0.3, 0.4) is 0 Å². The normalized spacial score (nSPS) is 20.0. The summed E-state index contributed by atoms with van der Waals surface area (Å²) in [4.78, 5) is 15.4. The predicted octanol–water partition coefficient (Wildman–Crippen LogP) is 5.44. The first-order chi connectivity index (χ1) is 14.0. The van der Waals surface area contributed by atoms with E-state index in [1.54, 1.807) is 23.5 Å². The molecule has 1 saturated heterocycles. The first-order valence-electron chi connectivity index (χ1n) is 10.0. The number of aryl methyl sites for hydroxylation is 1. The van der Waals surface area contributed by atoms with E-state index in [-0.39, 0.29) is 11.9 Å². The standard InChI is InChI=1S/C21H24Cl2N4OS/c1-2-15-7-9-20(29-15)19-13-17(21(28)25-26-10-4-3-5-11-26)24-27(19)18-8-6-14(22)12-16(18)23/h6-9,12,19H,2-5,10-11,13H2,1H3,(H,25,28). The van der Waals surface area contributed by atoms with Crippen LogP contribution in [0, 0.1) is 0 Å². The zero-order chi connectivity index (χ0) is 20.4. The lowest BCUT2D eigenvalue weighted by atomic mass is 10.1. The van der Waals surface area contributed by atoms with Crippen molar-refractivity contribution < 1.29 is 4.79 Å². The van der Waals surface area contributed by atoms with Crippen molar-refractivity contribution >= 4 is 51.8 Å². The highest BCUT2D eigenvalue weighted by molar-refractivity contribution is 7.12. The van der Waals surface area contributed by atoms with E-state index in [1.165, 1.54) is 16.2 Å². The molecule has 1 unspecified atom stereocenters. The Balaban J connectivity index is 1.61. The quantitative estimate of drug-likeness (QED) is 0.659. The fraction of sp³-hybridized carbons (Fsp3) is 0.429. The van der Waals surface area contributed by atoms with E-state index in [4.69, 9.17) is 28.3 Å². The molecule has 0 aliphatic carbocycles. The van der Waals surface area contributed by atoms with Gasteiger partial charge in [-0.3, -0.25) is 15.2 Å². The van der Waals surface area contributed by atoms with Crippen molar-refractivity contribution in [3.63, 3.8) is 0 Å². The number of hydrogen-bond acceptors (Lipinski definition) is 5. The molecule has 29 heavy (non-hydrogen) atoms. The molecular formula is C21H24Cl2N4OS. The Morgan fingerprint density at radius 1 is 1.21 bits per heavy atom. The third-order valence-corrected chi connectivity index (χ3v) is 7.17. The monoisotopic (exact) mass is 450 g/mol. The maximum absolute atomic E-state index is 12.9. The molecule has 1 fully saturated rings. The van der Waals surface area contributed by atoms with Crippen LogP contribution in [0.25, 0.3) is 0 Å². The van der Waals surface area contributed by atoms with Gasteiger partial charge in [0.25, 0.3) is 5.91 Å². The van der Waals surface area contributed by atoms with Crippen LogP contribution in [0.5, 0.6) is 0 Å². The van der Waals surface area contributed by atoms with Crippen LogP contribution < -0.4 is 10.4 Å². The molecule has 1 N–H and O–H groups in total. The van der Waals surface area contributed by atoms with E-state index >= 15 is 0 Å². The Morgan fingerprint density at radius 3 is 2.69 bits per heavy atom. The van der Waals surface area contributed by atoms with Gasteiger partial charge in [-0.05, 0) is 49.6 Å². The fourth-order valence-electron chi connectivity index (χ4n) is 3.74. The van der Waals surface area contributed by atoms with Crippen LogP contribution in [-0.4, -0.2) is 29.7 Å². The third-order valence-electron chi connectivity index (χ3n) is 5.30. The zero-order valence-electron chi connectivity index (χ0n) is 16.3. The minimum absolute atomic E-state index is 0.0546. The van der Waals surface area contributed by atoms with Crippen molar-refractivity contribution in [2.24, 2.45) is 5.10 Å². The average Bonchev–Trinajstić information content (AvgIpc) is 3.36. The number of halogens is 2. The molecule has 0 radical (unpaired) electrons. The molecule has 8 heteroatoms. The molecule has 2 aromatic rings. The average molecular weight is 451 g/mol. The number of rotatable bonds is 5. The molecule has 1 amide bonds. The summed E-state index contributed by atoms with van der Waals surface area (Å²) in [5.74, 6) is -0.128. The Morgan fingerprint density at radius 2 is 2.00 bits per heavy atom. The number of hydrogen-bond donors (Lipinski definition) is 1. The van der Waals surface area contributed by atoms with Crippen LogP contribution in [-0.2, 0) is 11.2 Å². The van der Waals surface area contributed by atoms with E-state index in [1.807, 2.05) is 16.1 Å². The number of amides is 1. The zero-order valence-corrected chi connectivity index (χ0v) is 18.7. The highest BCUT2D eigenvalue weighted by atomic mass is 35.5. The van der Waals surface area contributed by atoms with Crippen molar-refractivity contribution in [1.29, 1.82) is 0 Å². The fourth-order valence-corrected chi connectivity index (χ4v) is 5.27. The van der Waals surface area contributed by atoms with Crippen LogP contribution in [0.4, 0.5) is 5.69 Å². The summed E-state index contributed by atoms with van der Waals surface area (Å²) in [5.41, 5.74) is 4.31. The summed E-state index contributed by atoms with van der Waals surface area (Å²) in [6.07, 6.45) is 4.97. The molecule has 0 bridgehead atoms. The molecule has 4 rings (SSSR count). The Kier molecular flexibility index (Phi) is 6.44. The highest BCUT2D eigenvalue weighted by Crippen LogP contribution is 2.41. The molecule has 2 aliphatic rings. The van der Waals surface area contributed by atoms with Gasteiger partial charge in [0, 0.05) is 34.3 Å². The number of thiophene rings is 1. The lowest BCUT2D eigenvalue weighted by molar-refractivity contribution is -0.119. The second-order valence-corrected chi connectivity index (χ2v) is 9.40. The number of nitrogens with zero attached hydrogens (tertiary/aromatic N) is 3. The van der Waals surface area contributed by atoms with Gasteiger partial charge in [0.1, 0.15) is 5.71 Å². The van der Waals surface area contributed by atoms with Gasteiger partial charge in [0.2, 0.25) is 0 Å². The number of anilines is 1. The minimum atomic E-state index is -0.128. The lowest BCUT2D eigenvalue weighted by Gasteiger charge is -2.26. The summed E-state index contributed by atoms with van der Waals surface area (Å²) < 4.78 is 0. The molecule has 1 aromatic heterocycles.